The molecule has 0 radical (unpaired) electrons. The quantitative estimate of drug-likeness (QED) is 0.612. The summed E-state index contributed by atoms with van der Waals surface area (Å²) >= 11 is 0. The van der Waals surface area contributed by atoms with Gasteiger partial charge in [-0.05, 0) is 37.0 Å². The van der Waals surface area contributed by atoms with Gasteiger partial charge in [0, 0.05) is 43.1 Å². The van der Waals surface area contributed by atoms with Gasteiger partial charge in [0.1, 0.15) is 6.04 Å². The summed E-state index contributed by atoms with van der Waals surface area (Å²) in [6, 6.07) is 4.48. The van der Waals surface area contributed by atoms with Gasteiger partial charge >= 0.3 is 0 Å². The molecule has 3 aliphatic heterocycles. The van der Waals surface area contributed by atoms with E-state index in [0.717, 1.165) is 18.4 Å². The van der Waals surface area contributed by atoms with Gasteiger partial charge in [0.25, 0.3) is 11.8 Å². The van der Waals surface area contributed by atoms with E-state index < -0.39 is 11.9 Å². The van der Waals surface area contributed by atoms with Gasteiger partial charge in [0.05, 0.1) is 0 Å². The van der Waals surface area contributed by atoms with Crippen LogP contribution in [0.1, 0.15) is 52.0 Å². The zero-order valence-electron chi connectivity index (χ0n) is 15.4. The number of piperidine rings is 2. The van der Waals surface area contributed by atoms with Crippen LogP contribution in [0.5, 0.6) is 0 Å². The first-order chi connectivity index (χ1) is 13.5. The highest BCUT2D eigenvalue weighted by Crippen LogP contribution is 2.29. The third-order valence-electron chi connectivity index (χ3n) is 5.79. The number of carbonyl (C=O) groups is 4. The van der Waals surface area contributed by atoms with Crippen LogP contribution < -0.4 is 5.32 Å². The number of terminal acetylenes is 1. The lowest BCUT2D eigenvalue weighted by atomic mass is 9.97. The standard InChI is InChI=1S/C21H21N3O4/c1-2-13-7-9-23(10-8-13)20(27)14-3-4-15-12-24(21(28)16(15)11-14)17-5-6-18(25)22-19(17)26/h1,3-4,11,13,17H,5-10,12H2,(H,22,25,26). The topological polar surface area (TPSA) is 86.8 Å². The minimum atomic E-state index is -0.653. The Labute approximate surface area is 163 Å². The van der Waals surface area contributed by atoms with Crippen LogP contribution >= 0.6 is 0 Å². The molecule has 7 nitrogen and oxygen atoms in total. The Morgan fingerprint density at radius 3 is 2.57 bits per heavy atom. The normalized spacial score (nSPS) is 22.7. The molecule has 4 rings (SSSR count). The monoisotopic (exact) mass is 379 g/mol. The molecule has 1 N–H and O–H groups in total. The molecule has 0 saturated carbocycles. The van der Waals surface area contributed by atoms with Crippen molar-refractivity contribution in [2.75, 3.05) is 13.1 Å². The van der Waals surface area contributed by atoms with Crippen molar-refractivity contribution in [3.8, 4) is 12.3 Å². The average molecular weight is 379 g/mol. The summed E-state index contributed by atoms with van der Waals surface area (Å²) < 4.78 is 0. The molecule has 0 bridgehead atoms. The number of imide groups is 1. The van der Waals surface area contributed by atoms with E-state index in [2.05, 4.69) is 11.2 Å². The molecule has 144 valence electrons. The Morgan fingerprint density at radius 1 is 1.14 bits per heavy atom. The summed E-state index contributed by atoms with van der Waals surface area (Å²) in [5.74, 6) is 1.83. The fraction of sp³-hybridized carbons (Fsp3) is 0.429. The summed E-state index contributed by atoms with van der Waals surface area (Å²) in [5, 5.41) is 2.29. The van der Waals surface area contributed by atoms with Gasteiger partial charge in [-0.1, -0.05) is 6.07 Å². The minimum absolute atomic E-state index is 0.106. The molecular formula is C21H21N3O4. The first kappa shape index (κ1) is 18.2. The summed E-state index contributed by atoms with van der Waals surface area (Å²) in [4.78, 5) is 52.4. The molecule has 2 fully saturated rings. The highest BCUT2D eigenvalue weighted by molar-refractivity contribution is 6.06. The Morgan fingerprint density at radius 2 is 1.89 bits per heavy atom. The van der Waals surface area contributed by atoms with Gasteiger partial charge in [-0.2, -0.15) is 0 Å². The number of fused-ring (bicyclic) bond motifs is 1. The first-order valence-corrected chi connectivity index (χ1v) is 9.51. The van der Waals surface area contributed by atoms with Crippen LogP contribution in [-0.2, 0) is 16.1 Å². The summed E-state index contributed by atoms with van der Waals surface area (Å²) in [6.07, 6.45) is 7.57. The number of benzene rings is 1. The molecule has 1 atom stereocenters. The first-order valence-electron chi connectivity index (χ1n) is 9.51. The van der Waals surface area contributed by atoms with Crippen molar-refractivity contribution in [2.24, 2.45) is 5.92 Å². The molecule has 28 heavy (non-hydrogen) atoms. The molecular weight excluding hydrogens is 358 g/mol. The van der Waals surface area contributed by atoms with E-state index in [4.69, 9.17) is 6.42 Å². The van der Waals surface area contributed by atoms with Crippen molar-refractivity contribution < 1.29 is 19.2 Å². The van der Waals surface area contributed by atoms with Crippen LogP contribution in [0.4, 0.5) is 0 Å². The zero-order valence-corrected chi connectivity index (χ0v) is 15.4. The predicted molar refractivity (Wildman–Crippen MR) is 99.9 cm³/mol. The lowest BCUT2D eigenvalue weighted by Crippen LogP contribution is -2.52. The second-order valence-corrected chi connectivity index (χ2v) is 7.51. The van der Waals surface area contributed by atoms with Crippen molar-refractivity contribution in [3.63, 3.8) is 0 Å². The number of nitrogens with one attached hydrogen (secondary N) is 1. The van der Waals surface area contributed by atoms with Crippen LogP contribution in [0.25, 0.3) is 0 Å². The van der Waals surface area contributed by atoms with Crippen molar-refractivity contribution >= 4 is 23.6 Å². The number of hydrogen-bond acceptors (Lipinski definition) is 4. The SMILES string of the molecule is C#CC1CCN(C(=O)c2ccc3c(c2)C(=O)N(C2CCC(=O)NC2=O)C3)CC1. The van der Waals surface area contributed by atoms with E-state index in [1.807, 2.05) is 0 Å². The van der Waals surface area contributed by atoms with Crippen LogP contribution in [0.3, 0.4) is 0 Å². The Hall–Kier alpha value is -3.14. The van der Waals surface area contributed by atoms with Crippen LogP contribution in [0.15, 0.2) is 18.2 Å². The number of nitrogens with zero attached hydrogens (tertiary/aromatic N) is 2. The van der Waals surface area contributed by atoms with Crippen LogP contribution in [-0.4, -0.2) is 52.6 Å². The fourth-order valence-corrected chi connectivity index (χ4v) is 4.12. The summed E-state index contributed by atoms with van der Waals surface area (Å²) in [6.45, 7) is 1.53. The molecule has 0 aromatic heterocycles. The van der Waals surface area contributed by atoms with Gasteiger partial charge in [0.15, 0.2) is 0 Å². The molecule has 2 saturated heterocycles. The van der Waals surface area contributed by atoms with Crippen molar-refractivity contribution in [1.82, 2.24) is 15.1 Å². The highest BCUT2D eigenvalue weighted by Gasteiger charge is 2.39. The average Bonchev–Trinajstić information content (AvgIpc) is 3.03. The largest absolute Gasteiger partial charge is 0.339 e. The van der Waals surface area contributed by atoms with Crippen molar-refractivity contribution in [1.29, 1.82) is 0 Å². The second kappa shape index (κ2) is 7.12. The molecule has 7 heteroatoms. The van der Waals surface area contributed by atoms with Gasteiger partial charge < -0.3 is 9.80 Å². The van der Waals surface area contributed by atoms with Crippen molar-refractivity contribution in [2.45, 2.75) is 38.3 Å². The molecule has 3 heterocycles. The molecule has 1 aromatic carbocycles. The molecule has 4 amide bonds. The molecule has 0 aliphatic carbocycles. The van der Waals surface area contributed by atoms with E-state index in [0.29, 0.717) is 37.2 Å². The number of amides is 4. The zero-order chi connectivity index (χ0) is 19.8. The Kier molecular flexibility index (Phi) is 4.63. The number of likely N-dealkylation sites (tertiary alicyclic amines) is 1. The Balaban J connectivity index is 1.50. The lowest BCUT2D eigenvalue weighted by molar-refractivity contribution is -0.136. The molecule has 1 unspecified atom stereocenters. The maximum absolute atomic E-state index is 12.9. The van der Waals surface area contributed by atoms with Gasteiger partial charge in [-0.15, -0.1) is 12.3 Å². The van der Waals surface area contributed by atoms with Crippen LogP contribution in [0.2, 0.25) is 0 Å². The summed E-state index contributed by atoms with van der Waals surface area (Å²) in [7, 11) is 0. The maximum atomic E-state index is 12.9. The predicted octanol–water partition coefficient (Wildman–Crippen LogP) is 0.933. The number of hydrogen-bond donors (Lipinski definition) is 1. The van der Waals surface area contributed by atoms with E-state index in [1.165, 1.54) is 4.90 Å². The van der Waals surface area contributed by atoms with Crippen molar-refractivity contribution in [3.05, 3.63) is 34.9 Å². The fourth-order valence-electron chi connectivity index (χ4n) is 4.12. The highest BCUT2D eigenvalue weighted by atomic mass is 16.2. The third kappa shape index (κ3) is 3.15. The molecule has 1 aromatic rings. The second-order valence-electron chi connectivity index (χ2n) is 7.51. The third-order valence-corrected chi connectivity index (χ3v) is 5.79. The van der Waals surface area contributed by atoms with E-state index >= 15 is 0 Å². The van der Waals surface area contributed by atoms with Crippen LogP contribution in [0, 0.1) is 18.3 Å². The molecule has 3 aliphatic rings. The van der Waals surface area contributed by atoms with E-state index in [-0.39, 0.29) is 30.1 Å². The lowest BCUT2D eigenvalue weighted by Gasteiger charge is -2.30. The minimum Gasteiger partial charge on any atom is -0.339 e. The number of carbonyl (C=O) groups excluding carboxylic acids is 4. The van der Waals surface area contributed by atoms with Gasteiger partial charge in [-0.3, -0.25) is 24.5 Å². The van der Waals surface area contributed by atoms with Gasteiger partial charge in [0.2, 0.25) is 11.8 Å². The molecule has 0 spiro atoms. The van der Waals surface area contributed by atoms with Gasteiger partial charge in [-0.25, -0.2) is 0 Å². The smallest absolute Gasteiger partial charge is 0.255 e. The van der Waals surface area contributed by atoms with E-state index in [9.17, 15) is 19.2 Å². The van der Waals surface area contributed by atoms with E-state index in [1.54, 1.807) is 23.1 Å². The summed E-state index contributed by atoms with van der Waals surface area (Å²) in [5.41, 5.74) is 1.71. The number of rotatable bonds is 2. The Bertz CT molecular complexity index is 909. The maximum Gasteiger partial charge on any atom is 0.255 e.